The van der Waals surface area contributed by atoms with Gasteiger partial charge in [0.2, 0.25) is 5.91 Å². The molecule has 0 radical (unpaired) electrons. The molecule has 0 aliphatic rings. The van der Waals surface area contributed by atoms with E-state index in [-0.39, 0.29) is 18.7 Å². The summed E-state index contributed by atoms with van der Waals surface area (Å²) in [4.78, 5) is 21.2. The first kappa shape index (κ1) is 25.3. The third-order valence-electron chi connectivity index (χ3n) is 6.65. The standard InChI is InChI=1S/C31H28F2N4O/c1-19-4-7-22(8-5-19)26-3-2-10-35-31(26)29(14-21-11-24(32)16-25(33)12-21)37-30(38)15-23-18-36-28-9-6-20(17-34)13-27(23)28/h2-13,16,18,29,36H,14-15,17,34H2,1H3,(H,37,38)/t29-/m0/s1. The van der Waals surface area contributed by atoms with Crippen LogP contribution < -0.4 is 11.1 Å². The molecule has 0 aliphatic carbocycles. The van der Waals surface area contributed by atoms with Gasteiger partial charge in [-0.25, -0.2) is 8.78 Å². The lowest BCUT2D eigenvalue weighted by Gasteiger charge is -2.22. The quantitative estimate of drug-likeness (QED) is 0.242. The number of aromatic nitrogens is 2. The maximum atomic E-state index is 14.0. The number of aromatic amines is 1. The molecule has 0 spiro atoms. The van der Waals surface area contributed by atoms with Crippen molar-refractivity contribution in [1.29, 1.82) is 0 Å². The summed E-state index contributed by atoms with van der Waals surface area (Å²) in [6.45, 7) is 2.41. The molecule has 1 amide bonds. The van der Waals surface area contributed by atoms with Crippen LogP contribution in [0.5, 0.6) is 0 Å². The first-order valence-corrected chi connectivity index (χ1v) is 12.4. The summed E-state index contributed by atoms with van der Waals surface area (Å²) in [6.07, 6.45) is 3.77. The predicted molar refractivity (Wildman–Crippen MR) is 145 cm³/mol. The first-order valence-electron chi connectivity index (χ1n) is 12.4. The van der Waals surface area contributed by atoms with Crippen LogP contribution in [0.15, 0.2) is 85.2 Å². The van der Waals surface area contributed by atoms with Crippen LogP contribution in [0.4, 0.5) is 8.78 Å². The number of H-pyrrole nitrogens is 1. The minimum Gasteiger partial charge on any atom is -0.361 e. The minimum atomic E-state index is -0.667. The van der Waals surface area contributed by atoms with Crippen LogP contribution in [0.2, 0.25) is 0 Å². The topological polar surface area (TPSA) is 83.8 Å². The molecule has 38 heavy (non-hydrogen) atoms. The molecule has 4 N–H and O–H groups in total. The van der Waals surface area contributed by atoms with Gasteiger partial charge in [-0.05, 0) is 65.9 Å². The van der Waals surface area contributed by atoms with Gasteiger partial charge in [0.1, 0.15) is 11.6 Å². The van der Waals surface area contributed by atoms with Crippen molar-refractivity contribution < 1.29 is 13.6 Å². The lowest BCUT2D eigenvalue weighted by Crippen LogP contribution is -2.32. The van der Waals surface area contributed by atoms with Gasteiger partial charge >= 0.3 is 0 Å². The third kappa shape index (κ3) is 5.63. The number of aryl methyl sites for hydroxylation is 1. The van der Waals surface area contributed by atoms with Gasteiger partial charge in [0.25, 0.3) is 0 Å². The summed E-state index contributed by atoms with van der Waals surface area (Å²) in [6, 6.07) is 20.4. The molecule has 1 atom stereocenters. The number of halogens is 2. The van der Waals surface area contributed by atoms with E-state index >= 15 is 0 Å². The van der Waals surface area contributed by atoms with Crippen LogP contribution in [-0.4, -0.2) is 15.9 Å². The Morgan fingerprint density at radius 2 is 1.76 bits per heavy atom. The summed E-state index contributed by atoms with van der Waals surface area (Å²) < 4.78 is 28.1. The van der Waals surface area contributed by atoms with Gasteiger partial charge in [-0.1, -0.05) is 42.0 Å². The highest BCUT2D eigenvalue weighted by molar-refractivity contribution is 5.89. The van der Waals surface area contributed by atoms with E-state index in [0.29, 0.717) is 17.8 Å². The number of carbonyl (C=O) groups is 1. The highest BCUT2D eigenvalue weighted by Crippen LogP contribution is 2.30. The van der Waals surface area contributed by atoms with Crippen LogP contribution in [0.3, 0.4) is 0 Å². The van der Waals surface area contributed by atoms with Crippen LogP contribution >= 0.6 is 0 Å². The normalized spacial score (nSPS) is 12.0. The van der Waals surface area contributed by atoms with E-state index < -0.39 is 17.7 Å². The fraction of sp³-hybridized carbons (Fsp3) is 0.161. The SMILES string of the molecule is Cc1ccc(-c2cccnc2[C@H](Cc2cc(F)cc(F)c2)NC(=O)Cc2c[nH]c3ccc(CN)cc23)cc1. The van der Waals surface area contributed by atoms with Crippen molar-refractivity contribution in [3.05, 3.63) is 125 Å². The Morgan fingerprint density at radius 3 is 2.50 bits per heavy atom. The Morgan fingerprint density at radius 1 is 1.00 bits per heavy atom. The van der Waals surface area contributed by atoms with Crippen molar-refractivity contribution in [1.82, 2.24) is 15.3 Å². The van der Waals surface area contributed by atoms with Gasteiger partial charge in [-0.3, -0.25) is 9.78 Å². The molecule has 192 valence electrons. The number of pyridine rings is 1. The average Bonchev–Trinajstić information content (AvgIpc) is 3.29. The molecule has 0 fully saturated rings. The van der Waals surface area contributed by atoms with Crippen LogP contribution in [0, 0.1) is 18.6 Å². The molecule has 2 heterocycles. The maximum absolute atomic E-state index is 14.0. The molecule has 5 rings (SSSR count). The van der Waals surface area contributed by atoms with Crippen LogP contribution in [0.25, 0.3) is 22.0 Å². The summed E-state index contributed by atoms with van der Waals surface area (Å²) >= 11 is 0. The lowest BCUT2D eigenvalue weighted by molar-refractivity contribution is -0.121. The molecule has 0 saturated heterocycles. The van der Waals surface area contributed by atoms with E-state index in [0.717, 1.165) is 44.8 Å². The average molecular weight is 511 g/mol. The summed E-state index contributed by atoms with van der Waals surface area (Å²) in [7, 11) is 0. The second-order valence-corrected chi connectivity index (χ2v) is 9.48. The Balaban J connectivity index is 1.49. The molecule has 5 aromatic rings. The van der Waals surface area contributed by atoms with E-state index in [2.05, 4.69) is 15.3 Å². The highest BCUT2D eigenvalue weighted by atomic mass is 19.1. The molecular weight excluding hydrogens is 482 g/mol. The van der Waals surface area contributed by atoms with Crippen molar-refractivity contribution in [3.63, 3.8) is 0 Å². The van der Waals surface area contributed by atoms with E-state index in [9.17, 15) is 13.6 Å². The number of nitrogens with two attached hydrogens (primary N) is 1. The Labute approximate surface area is 219 Å². The largest absolute Gasteiger partial charge is 0.361 e. The highest BCUT2D eigenvalue weighted by Gasteiger charge is 2.22. The monoisotopic (exact) mass is 510 g/mol. The zero-order valence-electron chi connectivity index (χ0n) is 21.0. The smallest absolute Gasteiger partial charge is 0.225 e. The molecule has 0 unspecified atom stereocenters. The Hall–Kier alpha value is -4.36. The summed E-state index contributed by atoms with van der Waals surface area (Å²) in [5, 5.41) is 4.02. The van der Waals surface area contributed by atoms with Gasteiger partial charge in [-0.2, -0.15) is 0 Å². The summed E-state index contributed by atoms with van der Waals surface area (Å²) in [5.74, 6) is -1.56. The van der Waals surface area contributed by atoms with Gasteiger partial charge in [0.15, 0.2) is 0 Å². The predicted octanol–water partition coefficient (Wildman–Crippen LogP) is 5.92. The minimum absolute atomic E-state index is 0.120. The maximum Gasteiger partial charge on any atom is 0.225 e. The molecule has 3 aromatic carbocycles. The van der Waals surface area contributed by atoms with Crippen molar-refractivity contribution in [2.75, 3.05) is 0 Å². The molecule has 7 heteroatoms. The number of amides is 1. The number of nitrogens with zero attached hydrogens (tertiary/aromatic N) is 1. The van der Waals surface area contributed by atoms with Crippen LogP contribution in [0.1, 0.15) is 34.0 Å². The van der Waals surface area contributed by atoms with Crippen molar-refractivity contribution in [2.45, 2.75) is 32.4 Å². The Bertz CT molecular complexity index is 1570. The fourth-order valence-electron chi connectivity index (χ4n) is 4.77. The van der Waals surface area contributed by atoms with E-state index in [1.807, 2.05) is 67.7 Å². The zero-order chi connectivity index (χ0) is 26.6. The lowest BCUT2D eigenvalue weighted by atomic mass is 9.94. The fourth-order valence-corrected chi connectivity index (χ4v) is 4.77. The summed E-state index contributed by atoms with van der Waals surface area (Å²) in [5.41, 5.74) is 12.5. The number of nitrogens with one attached hydrogen (secondary N) is 2. The number of benzene rings is 3. The second-order valence-electron chi connectivity index (χ2n) is 9.48. The van der Waals surface area contributed by atoms with Gasteiger partial charge < -0.3 is 16.0 Å². The number of carbonyl (C=O) groups excluding carboxylic acids is 1. The Kier molecular flexibility index (Phi) is 7.29. The zero-order valence-corrected chi connectivity index (χ0v) is 21.0. The molecule has 0 aliphatic heterocycles. The van der Waals surface area contributed by atoms with Crippen molar-refractivity contribution in [2.24, 2.45) is 5.73 Å². The molecule has 5 nitrogen and oxygen atoms in total. The third-order valence-corrected chi connectivity index (χ3v) is 6.65. The molecule has 2 aromatic heterocycles. The van der Waals surface area contributed by atoms with Gasteiger partial charge in [0, 0.05) is 41.5 Å². The first-order chi connectivity index (χ1) is 18.4. The number of rotatable bonds is 8. The molecule has 0 bridgehead atoms. The number of hydrogen-bond donors (Lipinski definition) is 3. The van der Waals surface area contributed by atoms with Gasteiger partial charge in [0.05, 0.1) is 18.2 Å². The van der Waals surface area contributed by atoms with E-state index in [4.69, 9.17) is 5.73 Å². The second kappa shape index (κ2) is 10.9. The van der Waals surface area contributed by atoms with Crippen molar-refractivity contribution in [3.8, 4) is 11.1 Å². The molecule has 0 saturated carbocycles. The van der Waals surface area contributed by atoms with Gasteiger partial charge in [-0.15, -0.1) is 0 Å². The number of hydrogen-bond acceptors (Lipinski definition) is 3. The van der Waals surface area contributed by atoms with Crippen LogP contribution in [-0.2, 0) is 24.2 Å². The van der Waals surface area contributed by atoms with E-state index in [1.165, 1.54) is 12.1 Å². The molecular formula is C31H28F2N4O. The van der Waals surface area contributed by atoms with Crippen molar-refractivity contribution >= 4 is 16.8 Å². The number of fused-ring (bicyclic) bond motifs is 1. The van der Waals surface area contributed by atoms with E-state index in [1.54, 1.807) is 6.20 Å².